The summed E-state index contributed by atoms with van der Waals surface area (Å²) >= 11 is 5.50. The van der Waals surface area contributed by atoms with Crippen LogP contribution in [0.15, 0.2) is 22.8 Å². The number of rotatable bonds is 1. The molecule has 2 aromatic heterocycles. The fourth-order valence-corrected chi connectivity index (χ4v) is 3.87. The van der Waals surface area contributed by atoms with Crippen molar-refractivity contribution in [2.24, 2.45) is 0 Å². The topological polar surface area (TPSA) is 43.3 Å². The third kappa shape index (κ3) is 1.53. The fraction of sp³-hybridized carbons (Fsp3) is 0.364. The van der Waals surface area contributed by atoms with Gasteiger partial charge in [0, 0.05) is 11.7 Å². The highest BCUT2D eigenvalue weighted by atomic mass is 79.9. The summed E-state index contributed by atoms with van der Waals surface area (Å²) in [5.41, 5.74) is 7.10. The number of halogens is 1. The highest BCUT2D eigenvalue weighted by Gasteiger charge is 2.23. The normalized spacial score (nSPS) is 20.7. The number of anilines is 1. The summed E-state index contributed by atoms with van der Waals surface area (Å²) in [6, 6.07) is 5.93. The van der Waals surface area contributed by atoms with Crippen LogP contribution in [0.3, 0.4) is 0 Å². The van der Waals surface area contributed by atoms with E-state index in [0.717, 1.165) is 27.5 Å². The SMILES string of the molecule is Nc1cccc2c(Br)nc(C3CCSC3)n12. The van der Waals surface area contributed by atoms with Crippen LogP contribution in [0.25, 0.3) is 5.52 Å². The van der Waals surface area contributed by atoms with Crippen LogP contribution in [0.5, 0.6) is 0 Å². The van der Waals surface area contributed by atoms with Crippen LogP contribution in [0.2, 0.25) is 0 Å². The Labute approximate surface area is 107 Å². The predicted molar refractivity (Wildman–Crippen MR) is 72.0 cm³/mol. The Morgan fingerprint density at radius 2 is 2.38 bits per heavy atom. The number of hydrogen-bond donors (Lipinski definition) is 1. The lowest BCUT2D eigenvalue weighted by atomic mass is 10.1. The van der Waals surface area contributed by atoms with Gasteiger partial charge in [-0.1, -0.05) is 6.07 Å². The molecule has 3 heterocycles. The lowest BCUT2D eigenvalue weighted by molar-refractivity contribution is 0.715. The first-order chi connectivity index (χ1) is 7.77. The number of thioether (sulfide) groups is 1. The van der Waals surface area contributed by atoms with E-state index in [2.05, 4.69) is 25.3 Å². The third-order valence-electron chi connectivity index (χ3n) is 2.97. The predicted octanol–water partition coefficient (Wildman–Crippen LogP) is 2.90. The minimum Gasteiger partial charge on any atom is -0.385 e. The maximum Gasteiger partial charge on any atom is 0.132 e. The minimum atomic E-state index is 0.536. The molecule has 2 aromatic rings. The second kappa shape index (κ2) is 3.96. The van der Waals surface area contributed by atoms with Gasteiger partial charge in [0.2, 0.25) is 0 Å². The summed E-state index contributed by atoms with van der Waals surface area (Å²) in [4.78, 5) is 4.62. The Kier molecular flexibility index (Phi) is 2.59. The van der Waals surface area contributed by atoms with E-state index in [0.29, 0.717) is 5.92 Å². The van der Waals surface area contributed by atoms with Gasteiger partial charge >= 0.3 is 0 Å². The zero-order chi connectivity index (χ0) is 11.1. The molecule has 0 saturated carbocycles. The molecule has 0 bridgehead atoms. The molecule has 0 amide bonds. The van der Waals surface area contributed by atoms with Crippen molar-refractivity contribution < 1.29 is 0 Å². The molecular formula is C11H12BrN3S. The monoisotopic (exact) mass is 297 g/mol. The van der Waals surface area contributed by atoms with Crippen molar-refractivity contribution in [1.29, 1.82) is 0 Å². The van der Waals surface area contributed by atoms with E-state index in [4.69, 9.17) is 5.73 Å². The van der Waals surface area contributed by atoms with Gasteiger partial charge in [-0.3, -0.25) is 4.40 Å². The number of nitrogen functional groups attached to an aromatic ring is 1. The van der Waals surface area contributed by atoms with E-state index in [1.54, 1.807) is 0 Å². The van der Waals surface area contributed by atoms with Gasteiger partial charge in [-0.2, -0.15) is 11.8 Å². The van der Waals surface area contributed by atoms with Crippen molar-refractivity contribution in [3.8, 4) is 0 Å². The number of nitrogens with zero attached hydrogens (tertiary/aromatic N) is 2. The summed E-state index contributed by atoms with van der Waals surface area (Å²) < 4.78 is 2.97. The quantitative estimate of drug-likeness (QED) is 0.880. The van der Waals surface area contributed by atoms with Gasteiger partial charge in [0.25, 0.3) is 0 Å². The average molecular weight is 298 g/mol. The van der Waals surface area contributed by atoms with Gasteiger partial charge in [0.05, 0.1) is 5.52 Å². The van der Waals surface area contributed by atoms with Gasteiger partial charge < -0.3 is 5.73 Å². The zero-order valence-corrected chi connectivity index (χ0v) is 11.1. The van der Waals surface area contributed by atoms with Crippen molar-refractivity contribution in [1.82, 2.24) is 9.38 Å². The number of hydrogen-bond acceptors (Lipinski definition) is 3. The molecule has 2 N–H and O–H groups in total. The first-order valence-electron chi connectivity index (χ1n) is 5.27. The second-order valence-electron chi connectivity index (χ2n) is 3.99. The molecule has 1 saturated heterocycles. The zero-order valence-electron chi connectivity index (χ0n) is 8.69. The summed E-state index contributed by atoms with van der Waals surface area (Å²) in [6.45, 7) is 0. The summed E-state index contributed by atoms with van der Waals surface area (Å²) in [5, 5.41) is 0. The van der Waals surface area contributed by atoms with Crippen LogP contribution >= 0.6 is 27.7 Å². The first-order valence-corrected chi connectivity index (χ1v) is 7.22. The molecule has 1 aliphatic rings. The number of nitrogens with two attached hydrogens (primary N) is 1. The molecular weight excluding hydrogens is 286 g/mol. The Balaban J connectivity index is 2.24. The first kappa shape index (κ1) is 10.5. The van der Waals surface area contributed by atoms with Gasteiger partial charge in [-0.05, 0) is 40.2 Å². The minimum absolute atomic E-state index is 0.536. The number of imidazole rings is 1. The molecule has 1 fully saturated rings. The van der Waals surface area contributed by atoms with Crippen LogP contribution in [-0.4, -0.2) is 20.9 Å². The van der Waals surface area contributed by atoms with Crippen LogP contribution in [0.4, 0.5) is 5.82 Å². The standard InChI is InChI=1S/C11H12BrN3S/c12-10-8-2-1-3-9(13)15(8)11(14-10)7-4-5-16-6-7/h1-3,7H,4-6,13H2. The maximum atomic E-state index is 6.03. The maximum absolute atomic E-state index is 6.03. The Morgan fingerprint density at radius 3 is 3.12 bits per heavy atom. The number of fused-ring (bicyclic) bond motifs is 1. The van der Waals surface area contributed by atoms with Crippen LogP contribution in [0, 0.1) is 0 Å². The van der Waals surface area contributed by atoms with Crippen LogP contribution < -0.4 is 5.73 Å². The van der Waals surface area contributed by atoms with Crippen molar-refractivity contribution in [2.45, 2.75) is 12.3 Å². The van der Waals surface area contributed by atoms with E-state index in [1.807, 2.05) is 30.0 Å². The van der Waals surface area contributed by atoms with Gasteiger partial charge in [-0.25, -0.2) is 4.98 Å². The van der Waals surface area contributed by atoms with E-state index in [1.165, 1.54) is 12.2 Å². The highest BCUT2D eigenvalue weighted by Crippen LogP contribution is 2.34. The molecule has 0 aromatic carbocycles. The molecule has 0 spiro atoms. The van der Waals surface area contributed by atoms with Gasteiger partial charge in [-0.15, -0.1) is 0 Å². The Hall–Kier alpha value is -0.680. The van der Waals surface area contributed by atoms with E-state index in [9.17, 15) is 0 Å². The van der Waals surface area contributed by atoms with E-state index >= 15 is 0 Å². The molecule has 3 rings (SSSR count). The highest BCUT2D eigenvalue weighted by molar-refractivity contribution is 9.10. The molecule has 3 nitrogen and oxygen atoms in total. The molecule has 16 heavy (non-hydrogen) atoms. The number of pyridine rings is 1. The lowest BCUT2D eigenvalue weighted by Gasteiger charge is -2.08. The smallest absolute Gasteiger partial charge is 0.132 e. The van der Waals surface area contributed by atoms with Crippen molar-refractivity contribution in [2.75, 3.05) is 17.2 Å². The largest absolute Gasteiger partial charge is 0.385 e. The van der Waals surface area contributed by atoms with Gasteiger partial charge in [0.15, 0.2) is 0 Å². The van der Waals surface area contributed by atoms with Crippen LogP contribution in [-0.2, 0) is 0 Å². The van der Waals surface area contributed by atoms with Crippen molar-refractivity contribution in [3.63, 3.8) is 0 Å². The Morgan fingerprint density at radius 1 is 1.50 bits per heavy atom. The number of aromatic nitrogens is 2. The van der Waals surface area contributed by atoms with Crippen molar-refractivity contribution >= 4 is 39.0 Å². The molecule has 5 heteroatoms. The fourth-order valence-electron chi connectivity index (χ4n) is 2.16. The van der Waals surface area contributed by atoms with Gasteiger partial charge in [0.1, 0.15) is 16.2 Å². The Bertz CT molecular complexity index is 531. The third-order valence-corrected chi connectivity index (χ3v) is 4.71. The van der Waals surface area contributed by atoms with E-state index in [-0.39, 0.29) is 0 Å². The summed E-state index contributed by atoms with van der Waals surface area (Å²) in [7, 11) is 0. The molecule has 0 aliphatic carbocycles. The van der Waals surface area contributed by atoms with Crippen LogP contribution in [0.1, 0.15) is 18.2 Å². The van der Waals surface area contributed by atoms with Crippen molar-refractivity contribution in [3.05, 3.63) is 28.6 Å². The molecule has 1 atom stereocenters. The second-order valence-corrected chi connectivity index (χ2v) is 5.89. The molecule has 84 valence electrons. The van der Waals surface area contributed by atoms with E-state index < -0.39 is 0 Å². The summed E-state index contributed by atoms with van der Waals surface area (Å²) in [5.74, 6) is 4.78. The average Bonchev–Trinajstić information content (AvgIpc) is 2.87. The molecule has 0 radical (unpaired) electrons. The molecule has 1 unspecified atom stereocenters. The summed E-state index contributed by atoms with van der Waals surface area (Å²) in [6.07, 6.45) is 1.20. The molecule has 1 aliphatic heterocycles. The lowest BCUT2D eigenvalue weighted by Crippen LogP contribution is -2.06.